The fraction of sp³-hybridized carbons (Fsp3) is 0.385. The number of hydrogen-bond donors (Lipinski definition) is 1. The highest BCUT2D eigenvalue weighted by Crippen LogP contribution is 2.48. The molecule has 1 aliphatic heterocycles. The number of nitrogens with one attached hydrogen (secondary N) is 1. The molecule has 2 amide bonds. The number of alkyl halides is 4. The van der Waals surface area contributed by atoms with Crippen molar-refractivity contribution in [2.75, 3.05) is 11.4 Å². The van der Waals surface area contributed by atoms with Gasteiger partial charge in [-0.2, -0.15) is 23.5 Å². The molecule has 214 valence electrons. The molecule has 2 fully saturated rings. The van der Waals surface area contributed by atoms with Crippen molar-refractivity contribution in [3.05, 3.63) is 63.8 Å². The van der Waals surface area contributed by atoms with Gasteiger partial charge in [0.05, 0.1) is 39.7 Å². The van der Waals surface area contributed by atoms with Crippen LogP contribution in [0.3, 0.4) is 0 Å². The molecule has 2 aromatic heterocycles. The lowest BCUT2D eigenvalue weighted by molar-refractivity contribution is -0.138. The zero-order valence-electron chi connectivity index (χ0n) is 21.5. The molecule has 3 heterocycles. The highest BCUT2D eigenvalue weighted by molar-refractivity contribution is 9.10. The molecule has 15 heteroatoms. The molecule has 1 saturated carbocycles. The third kappa shape index (κ3) is 4.93. The molecule has 0 radical (unpaired) electrons. The average Bonchev–Trinajstić information content (AvgIpc) is 3.34. The Morgan fingerprint density at radius 3 is 2.63 bits per heavy atom. The Labute approximate surface area is 245 Å². The number of amides is 2. The van der Waals surface area contributed by atoms with Crippen molar-refractivity contribution in [2.24, 2.45) is 13.0 Å². The summed E-state index contributed by atoms with van der Waals surface area (Å²) in [5, 5.41) is 15.8. The van der Waals surface area contributed by atoms with Gasteiger partial charge in [0.2, 0.25) is 5.91 Å². The monoisotopic (exact) mass is 651 g/mol. The number of carbonyl (C=O) groups excluding carboxylic acids is 2. The van der Waals surface area contributed by atoms with E-state index in [-0.39, 0.29) is 23.0 Å². The fourth-order valence-electron chi connectivity index (χ4n) is 5.24. The van der Waals surface area contributed by atoms with E-state index in [2.05, 4.69) is 31.3 Å². The summed E-state index contributed by atoms with van der Waals surface area (Å²) in [5.74, 6) is -2.20. The van der Waals surface area contributed by atoms with Crippen molar-refractivity contribution >= 4 is 50.8 Å². The number of nitrogens with zero attached hydrogens (tertiary/aromatic N) is 6. The minimum atomic E-state index is -4.88. The zero-order valence-corrected chi connectivity index (χ0v) is 23.9. The van der Waals surface area contributed by atoms with Crippen LogP contribution in [0.15, 0.2) is 46.9 Å². The average molecular weight is 652 g/mol. The van der Waals surface area contributed by atoms with Crippen LogP contribution in [-0.2, 0) is 29.2 Å². The molecular weight excluding hydrogens is 630 g/mol. The van der Waals surface area contributed by atoms with Crippen molar-refractivity contribution in [3.8, 4) is 6.07 Å². The van der Waals surface area contributed by atoms with Crippen LogP contribution in [0, 0.1) is 17.2 Å². The molecule has 2 aliphatic carbocycles. The maximum absolute atomic E-state index is 15.4. The Bertz CT molecular complexity index is 1520. The van der Waals surface area contributed by atoms with Crippen LogP contribution in [0.5, 0.6) is 0 Å². The van der Waals surface area contributed by atoms with E-state index in [0.29, 0.717) is 31.7 Å². The predicted molar refractivity (Wildman–Crippen MR) is 146 cm³/mol. The number of carbonyl (C=O) groups is 2. The van der Waals surface area contributed by atoms with Gasteiger partial charge in [-0.3, -0.25) is 19.2 Å². The Morgan fingerprint density at radius 1 is 1.34 bits per heavy atom. The maximum atomic E-state index is 15.4. The van der Waals surface area contributed by atoms with Crippen LogP contribution in [0.4, 0.5) is 23.2 Å². The van der Waals surface area contributed by atoms with Crippen LogP contribution in [0.2, 0.25) is 0 Å². The van der Waals surface area contributed by atoms with Crippen molar-refractivity contribution in [1.29, 1.82) is 5.26 Å². The second-order valence-corrected chi connectivity index (χ2v) is 11.1. The van der Waals surface area contributed by atoms with E-state index in [0.717, 1.165) is 21.3 Å². The second kappa shape index (κ2) is 10.6. The van der Waals surface area contributed by atoms with Crippen LogP contribution >= 0.6 is 28.1 Å². The Kier molecular flexibility index (Phi) is 7.49. The predicted octanol–water partition coefficient (Wildman–Crippen LogP) is 4.09. The van der Waals surface area contributed by atoms with Gasteiger partial charge in [0.1, 0.15) is 17.8 Å². The molecule has 9 nitrogen and oxygen atoms in total. The van der Waals surface area contributed by atoms with Gasteiger partial charge in [-0.25, -0.2) is 9.37 Å². The third-order valence-corrected chi connectivity index (χ3v) is 8.54. The van der Waals surface area contributed by atoms with E-state index in [1.165, 1.54) is 29.2 Å². The van der Waals surface area contributed by atoms with Crippen LogP contribution in [0.25, 0.3) is 0 Å². The first-order valence-electron chi connectivity index (χ1n) is 12.5. The summed E-state index contributed by atoms with van der Waals surface area (Å²) in [6, 6.07) is 2.07. The smallest absolute Gasteiger partial charge is 0.355 e. The SMILES string of the molecule is Cn1ncc(Br)c1CCNC(=O)C1C=CC(N2C(=S)N(c3cnc(C#N)c(C(F)(F)F)c3)C(=O)C23CCC3)=CC1F. The van der Waals surface area contributed by atoms with Gasteiger partial charge in [-0.05, 0) is 65.6 Å². The minimum Gasteiger partial charge on any atom is -0.355 e. The fourth-order valence-corrected chi connectivity index (χ4v) is 6.26. The number of aromatic nitrogens is 3. The minimum absolute atomic E-state index is 0.137. The highest BCUT2D eigenvalue weighted by atomic mass is 79.9. The first-order chi connectivity index (χ1) is 19.4. The van der Waals surface area contributed by atoms with Crippen LogP contribution in [0.1, 0.15) is 36.2 Å². The molecule has 2 atom stereocenters. The molecular formula is C26H22BrF4N7O2S. The largest absolute Gasteiger partial charge is 0.419 e. The summed E-state index contributed by atoms with van der Waals surface area (Å²) in [5.41, 5.74) is -2.45. The Balaban J connectivity index is 1.35. The number of pyridine rings is 1. The van der Waals surface area contributed by atoms with Gasteiger partial charge >= 0.3 is 6.18 Å². The molecule has 3 aliphatic rings. The lowest BCUT2D eigenvalue weighted by atomic mass is 9.75. The van der Waals surface area contributed by atoms with E-state index in [1.807, 2.05) is 0 Å². The van der Waals surface area contributed by atoms with Crippen molar-refractivity contribution in [1.82, 2.24) is 25.0 Å². The summed E-state index contributed by atoms with van der Waals surface area (Å²) in [6.07, 6.45) is 1.93. The zero-order chi connectivity index (χ0) is 29.7. The number of aryl methyl sites for hydroxylation is 1. The number of rotatable bonds is 6. The third-order valence-electron chi connectivity index (χ3n) is 7.52. The highest BCUT2D eigenvalue weighted by Gasteiger charge is 2.60. The van der Waals surface area contributed by atoms with Gasteiger partial charge in [0, 0.05) is 25.7 Å². The molecule has 1 spiro atoms. The molecule has 0 aromatic carbocycles. The standard InChI is InChI=1S/C26H22BrF4N7O2S/c1-36-21(18(27)13-35-36)5-8-33-22(39)16-4-3-14(10-19(16)28)38-24(41)37(23(40)25(38)6-2-7-25)15-9-17(26(29,30)31)20(11-32)34-12-15/h3-4,9-10,12-13,16,19H,2,5-8H2,1H3,(H,33,39). The lowest BCUT2D eigenvalue weighted by Crippen LogP contribution is -2.54. The van der Waals surface area contributed by atoms with Gasteiger partial charge < -0.3 is 10.2 Å². The summed E-state index contributed by atoms with van der Waals surface area (Å²) < 4.78 is 58.6. The molecule has 0 bridgehead atoms. The molecule has 5 rings (SSSR count). The summed E-state index contributed by atoms with van der Waals surface area (Å²) >= 11 is 8.95. The number of hydrogen-bond acceptors (Lipinski definition) is 6. The van der Waals surface area contributed by atoms with Gasteiger partial charge in [0.15, 0.2) is 10.8 Å². The van der Waals surface area contributed by atoms with Crippen molar-refractivity contribution < 1.29 is 27.2 Å². The van der Waals surface area contributed by atoms with E-state index in [1.54, 1.807) is 17.9 Å². The lowest BCUT2D eigenvalue weighted by Gasteiger charge is -2.44. The first-order valence-corrected chi connectivity index (χ1v) is 13.7. The molecule has 1 saturated heterocycles. The number of anilines is 1. The Morgan fingerprint density at radius 2 is 2.07 bits per heavy atom. The Hall–Kier alpha value is -3.64. The summed E-state index contributed by atoms with van der Waals surface area (Å²) in [6.45, 7) is 0.256. The normalized spacial score (nSPS) is 21.6. The molecule has 2 aromatic rings. The summed E-state index contributed by atoms with van der Waals surface area (Å²) in [7, 11) is 1.77. The van der Waals surface area contributed by atoms with Crippen molar-refractivity contribution in [3.63, 3.8) is 0 Å². The van der Waals surface area contributed by atoms with Gasteiger partial charge in [-0.15, -0.1) is 0 Å². The first kappa shape index (κ1) is 28.9. The van der Waals surface area contributed by atoms with Gasteiger partial charge in [-0.1, -0.05) is 6.08 Å². The molecule has 2 unspecified atom stereocenters. The second-order valence-electron chi connectivity index (χ2n) is 9.87. The summed E-state index contributed by atoms with van der Waals surface area (Å²) in [4.78, 5) is 32.4. The maximum Gasteiger partial charge on any atom is 0.419 e. The van der Waals surface area contributed by atoms with Crippen LogP contribution in [-0.4, -0.2) is 54.8 Å². The van der Waals surface area contributed by atoms with Crippen LogP contribution < -0.4 is 10.2 Å². The van der Waals surface area contributed by atoms with E-state index < -0.39 is 46.9 Å². The van der Waals surface area contributed by atoms with E-state index in [9.17, 15) is 22.8 Å². The number of nitriles is 1. The number of halogens is 5. The van der Waals surface area contributed by atoms with E-state index in [4.69, 9.17) is 17.5 Å². The van der Waals surface area contributed by atoms with Crippen molar-refractivity contribution in [2.45, 2.75) is 43.6 Å². The van der Waals surface area contributed by atoms with E-state index >= 15 is 4.39 Å². The quantitative estimate of drug-likeness (QED) is 0.370. The topological polar surface area (TPSA) is 107 Å². The van der Waals surface area contributed by atoms with Gasteiger partial charge in [0.25, 0.3) is 5.91 Å². The number of thiocarbonyl (C=S) groups is 1. The number of allylic oxidation sites excluding steroid dienone is 2. The molecule has 41 heavy (non-hydrogen) atoms. The molecule has 1 N–H and O–H groups in total.